The van der Waals surface area contributed by atoms with Crippen molar-refractivity contribution in [2.75, 3.05) is 6.54 Å². The molecule has 0 aromatic carbocycles. The maximum absolute atomic E-state index is 11.1. The number of carbonyl (C=O) groups is 2. The zero-order valence-corrected chi connectivity index (χ0v) is 8.66. The van der Waals surface area contributed by atoms with Gasteiger partial charge in [-0.15, -0.1) is 0 Å². The molecular formula is C10H16N2O3. The third-order valence-electron chi connectivity index (χ3n) is 1.83. The van der Waals surface area contributed by atoms with Gasteiger partial charge in [0.2, 0.25) is 5.91 Å². The molecule has 0 rings (SSSR count). The number of hydrogen-bond donors (Lipinski definition) is 2. The van der Waals surface area contributed by atoms with Crippen LogP contribution in [-0.2, 0) is 9.59 Å². The highest BCUT2D eigenvalue weighted by Crippen LogP contribution is 1.99. The van der Waals surface area contributed by atoms with Gasteiger partial charge < -0.3 is 10.4 Å². The van der Waals surface area contributed by atoms with Crippen LogP contribution in [-0.4, -0.2) is 23.5 Å². The summed E-state index contributed by atoms with van der Waals surface area (Å²) in [7, 11) is 0. The number of nitrogens with zero attached hydrogens (tertiary/aromatic N) is 1. The van der Waals surface area contributed by atoms with Crippen LogP contribution in [0.4, 0.5) is 0 Å². The van der Waals surface area contributed by atoms with Gasteiger partial charge in [0, 0.05) is 25.8 Å². The fraction of sp³-hybridized carbons (Fsp3) is 0.700. The third kappa shape index (κ3) is 10.4. The molecule has 0 saturated carbocycles. The van der Waals surface area contributed by atoms with E-state index in [1.807, 2.05) is 6.07 Å². The van der Waals surface area contributed by atoms with Gasteiger partial charge in [0.25, 0.3) is 0 Å². The van der Waals surface area contributed by atoms with Gasteiger partial charge in [-0.1, -0.05) is 0 Å². The summed E-state index contributed by atoms with van der Waals surface area (Å²) in [6.45, 7) is 0.519. The molecule has 0 unspecified atom stereocenters. The van der Waals surface area contributed by atoms with Gasteiger partial charge in [-0.3, -0.25) is 9.59 Å². The van der Waals surface area contributed by atoms with E-state index in [2.05, 4.69) is 5.32 Å². The normalized spacial score (nSPS) is 9.27. The first kappa shape index (κ1) is 13.4. The van der Waals surface area contributed by atoms with Gasteiger partial charge in [0.1, 0.15) is 0 Å². The summed E-state index contributed by atoms with van der Waals surface area (Å²) in [5, 5.41) is 19.3. The maximum Gasteiger partial charge on any atom is 0.303 e. The molecule has 1 amide bonds. The van der Waals surface area contributed by atoms with Crippen LogP contribution in [0, 0.1) is 11.3 Å². The monoisotopic (exact) mass is 212 g/mol. The van der Waals surface area contributed by atoms with Crippen LogP contribution < -0.4 is 5.32 Å². The Morgan fingerprint density at radius 3 is 2.47 bits per heavy atom. The van der Waals surface area contributed by atoms with Crippen LogP contribution in [0.5, 0.6) is 0 Å². The molecular weight excluding hydrogens is 196 g/mol. The van der Waals surface area contributed by atoms with Crippen molar-refractivity contribution in [3.05, 3.63) is 0 Å². The number of carboxylic acids is 1. The highest BCUT2D eigenvalue weighted by Gasteiger charge is 2.01. The van der Waals surface area contributed by atoms with Crippen LogP contribution in [0.15, 0.2) is 0 Å². The Morgan fingerprint density at radius 2 is 1.87 bits per heavy atom. The van der Waals surface area contributed by atoms with Gasteiger partial charge in [0.15, 0.2) is 0 Å². The summed E-state index contributed by atoms with van der Waals surface area (Å²) in [5.74, 6) is -0.900. The molecule has 0 aromatic rings. The molecule has 2 N–H and O–H groups in total. The highest BCUT2D eigenvalue weighted by atomic mass is 16.4. The van der Waals surface area contributed by atoms with E-state index >= 15 is 0 Å². The first-order chi connectivity index (χ1) is 7.16. The van der Waals surface area contributed by atoms with Crippen molar-refractivity contribution in [2.45, 2.75) is 38.5 Å². The molecule has 5 heteroatoms. The third-order valence-corrected chi connectivity index (χ3v) is 1.83. The summed E-state index contributed by atoms with van der Waals surface area (Å²) in [5.41, 5.74) is 0. The van der Waals surface area contributed by atoms with Crippen molar-refractivity contribution >= 4 is 11.9 Å². The predicted octanol–water partition coefficient (Wildman–Crippen LogP) is 1.05. The van der Waals surface area contributed by atoms with Crippen molar-refractivity contribution in [1.29, 1.82) is 5.26 Å². The van der Waals surface area contributed by atoms with Crippen molar-refractivity contribution < 1.29 is 14.7 Å². The summed E-state index contributed by atoms with van der Waals surface area (Å²) >= 11 is 0. The molecule has 0 aromatic heterocycles. The van der Waals surface area contributed by atoms with Crippen molar-refractivity contribution in [3.8, 4) is 6.07 Å². The van der Waals surface area contributed by atoms with Crippen molar-refractivity contribution in [2.24, 2.45) is 0 Å². The smallest absolute Gasteiger partial charge is 0.303 e. The molecule has 0 bridgehead atoms. The van der Waals surface area contributed by atoms with Crippen LogP contribution in [0.3, 0.4) is 0 Å². The summed E-state index contributed by atoms with van der Waals surface area (Å²) in [4.78, 5) is 21.3. The zero-order valence-electron chi connectivity index (χ0n) is 8.66. The second-order valence-electron chi connectivity index (χ2n) is 3.21. The van der Waals surface area contributed by atoms with E-state index in [-0.39, 0.29) is 12.3 Å². The second kappa shape index (κ2) is 9.00. The predicted molar refractivity (Wildman–Crippen MR) is 54.0 cm³/mol. The molecule has 5 nitrogen and oxygen atoms in total. The topological polar surface area (TPSA) is 90.2 Å². The Hall–Kier alpha value is -1.57. The van der Waals surface area contributed by atoms with E-state index in [0.717, 1.165) is 0 Å². The average molecular weight is 212 g/mol. The van der Waals surface area contributed by atoms with Crippen molar-refractivity contribution in [1.82, 2.24) is 5.32 Å². The SMILES string of the molecule is N#CCCCNC(=O)CCCCC(=O)O. The minimum absolute atomic E-state index is 0.0710. The fourth-order valence-corrected chi connectivity index (χ4v) is 1.05. The highest BCUT2D eigenvalue weighted by molar-refractivity contribution is 5.75. The number of nitriles is 1. The Labute approximate surface area is 89.1 Å². The lowest BCUT2D eigenvalue weighted by molar-refractivity contribution is -0.137. The quantitative estimate of drug-likeness (QED) is 0.588. The van der Waals surface area contributed by atoms with E-state index in [9.17, 15) is 9.59 Å². The minimum Gasteiger partial charge on any atom is -0.481 e. The van der Waals surface area contributed by atoms with Gasteiger partial charge >= 0.3 is 5.97 Å². The molecule has 0 aliphatic carbocycles. The van der Waals surface area contributed by atoms with Crippen LogP contribution >= 0.6 is 0 Å². The molecule has 15 heavy (non-hydrogen) atoms. The Bertz CT molecular complexity index is 246. The summed E-state index contributed by atoms with van der Waals surface area (Å²) in [6, 6.07) is 1.99. The average Bonchev–Trinajstić information content (AvgIpc) is 2.19. The van der Waals surface area contributed by atoms with Gasteiger partial charge in [-0.05, 0) is 19.3 Å². The first-order valence-electron chi connectivity index (χ1n) is 5.02. The summed E-state index contributed by atoms with van der Waals surface area (Å²) in [6.07, 6.45) is 2.70. The van der Waals surface area contributed by atoms with E-state index < -0.39 is 5.97 Å². The first-order valence-corrected chi connectivity index (χ1v) is 5.02. The van der Waals surface area contributed by atoms with Crippen molar-refractivity contribution in [3.63, 3.8) is 0 Å². The minimum atomic E-state index is -0.829. The number of carboxylic acid groups (broad SMARTS) is 1. The number of nitrogens with one attached hydrogen (secondary N) is 1. The lowest BCUT2D eigenvalue weighted by Gasteiger charge is -2.02. The lowest BCUT2D eigenvalue weighted by Crippen LogP contribution is -2.23. The number of hydrogen-bond acceptors (Lipinski definition) is 3. The number of unbranched alkanes of at least 4 members (excludes halogenated alkanes) is 2. The summed E-state index contributed by atoms with van der Waals surface area (Å²) < 4.78 is 0. The molecule has 0 saturated heterocycles. The zero-order chi connectivity index (χ0) is 11.5. The Kier molecular flexibility index (Phi) is 8.06. The van der Waals surface area contributed by atoms with Crippen LogP contribution in [0.25, 0.3) is 0 Å². The van der Waals surface area contributed by atoms with E-state index in [4.69, 9.17) is 10.4 Å². The lowest BCUT2D eigenvalue weighted by atomic mass is 10.2. The molecule has 0 heterocycles. The number of carbonyl (C=O) groups excluding carboxylic acids is 1. The molecule has 0 atom stereocenters. The van der Waals surface area contributed by atoms with E-state index in [1.54, 1.807) is 0 Å². The number of aliphatic carboxylic acids is 1. The second-order valence-corrected chi connectivity index (χ2v) is 3.21. The molecule has 0 fully saturated rings. The Morgan fingerprint density at radius 1 is 1.20 bits per heavy atom. The molecule has 0 spiro atoms. The van der Waals surface area contributed by atoms with Gasteiger partial charge in [-0.2, -0.15) is 5.26 Å². The Balaban J connectivity index is 3.27. The van der Waals surface area contributed by atoms with Gasteiger partial charge in [0.05, 0.1) is 6.07 Å². The van der Waals surface area contributed by atoms with Crippen LogP contribution in [0.2, 0.25) is 0 Å². The largest absolute Gasteiger partial charge is 0.481 e. The standard InChI is InChI=1S/C10H16N2O3/c11-7-3-4-8-12-9(13)5-1-2-6-10(14)15/h1-6,8H2,(H,12,13)(H,14,15). The maximum atomic E-state index is 11.1. The van der Waals surface area contributed by atoms with E-state index in [1.165, 1.54) is 0 Å². The van der Waals surface area contributed by atoms with Gasteiger partial charge in [-0.25, -0.2) is 0 Å². The number of amides is 1. The molecule has 0 aliphatic heterocycles. The van der Waals surface area contributed by atoms with Crippen LogP contribution in [0.1, 0.15) is 38.5 Å². The number of rotatable bonds is 8. The fourth-order valence-electron chi connectivity index (χ4n) is 1.05. The molecule has 0 aliphatic rings. The van der Waals surface area contributed by atoms with E-state index in [0.29, 0.717) is 38.6 Å². The molecule has 0 radical (unpaired) electrons. The molecule has 84 valence electrons.